The Morgan fingerprint density at radius 3 is 2.53 bits per heavy atom. The number of aryl methyl sites for hydroxylation is 2. The molecule has 2 saturated heterocycles. The molecule has 0 radical (unpaired) electrons. The highest BCUT2D eigenvalue weighted by Crippen LogP contribution is 2.54. The van der Waals surface area contributed by atoms with Gasteiger partial charge in [0.05, 0.1) is 18.3 Å². The van der Waals surface area contributed by atoms with Gasteiger partial charge in [0.15, 0.2) is 0 Å². The van der Waals surface area contributed by atoms with Gasteiger partial charge < -0.3 is 9.84 Å². The van der Waals surface area contributed by atoms with Gasteiger partial charge in [-0.2, -0.15) is 5.26 Å². The van der Waals surface area contributed by atoms with E-state index >= 15 is 0 Å². The zero-order valence-corrected chi connectivity index (χ0v) is 11.4. The molecular formula is C16H19NO2. The molecule has 100 valence electrons. The molecule has 0 saturated carbocycles. The van der Waals surface area contributed by atoms with Crippen molar-refractivity contribution in [2.75, 3.05) is 0 Å². The van der Waals surface area contributed by atoms with E-state index < -0.39 is 11.5 Å². The van der Waals surface area contributed by atoms with Crippen LogP contribution in [-0.4, -0.2) is 17.3 Å². The van der Waals surface area contributed by atoms with E-state index in [2.05, 4.69) is 6.07 Å². The summed E-state index contributed by atoms with van der Waals surface area (Å²) in [6, 6.07) is 8.35. The van der Waals surface area contributed by atoms with Crippen molar-refractivity contribution < 1.29 is 9.84 Å². The Balaban J connectivity index is 2.04. The summed E-state index contributed by atoms with van der Waals surface area (Å²) in [6.45, 7) is 3.98. The molecule has 0 spiro atoms. The maximum atomic E-state index is 10.9. The normalized spacial score (nSPS) is 34.2. The molecule has 0 amide bonds. The molecule has 4 atom stereocenters. The lowest BCUT2D eigenvalue weighted by Crippen LogP contribution is -2.37. The van der Waals surface area contributed by atoms with E-state index in [9.17, 15) is 10.4 Å². The lowest BCUT2D eigenvalue weighted by molar-refractivity contribution is 0.00283. The number of nitrogens with zero attached hydrogens (tertiary/aromatic N) is 1. The van der Waals surface area contributed by atoms with Gasteiger partial charge in [0.25, 0.3) is 0 Å². The summed E-state index contributed by atoms with van der Waals surface area (Å²) in [6.07, 6.45) is 1.85. The summed E-state index contributed by atoms with van der Waals surface area (Å²) >= 11 is 0. The van der Waals surface area contributed by atoms with Crippen LogP contribution < -0.4 is 0 Å². The van der Waals surface area contributed by atoms with Gasteiger partial charge in [-0.25, -0.2) is 0 Å². The Hall–Kier alpha value is -1.37. The molecule has 0 aromatic heterocycles. The number of aliphatic hydroxyl groups excluding tert-OH is 1. The number of aliphatic hydroxyl groups is 1. The van der Waals surface area contributed by atoms with Gasteiger partial charge in [-0.05, 0) is 49.8 Å². The van der Waals surface area contributed by atoms with Crippen molar-refractivity contribution in [1.82, 2.24) is 0 Å². The van der Waals surface area contributed by atoms with Gasteiger partial charge in [0.2, 0.25) is 0 Å². The number of rotatable bonds is 2. The molecule has 2 bridgehead atoms. The van der Waals surface area contributed by atoms with E-state index in [0.717, 1.165) is 29.5 Å². The maximum Gasteiger partial charge on any atom is 0.116 e. The van der Waals surface area contributed by atoms with Crippen LogP contribution in [0.3, 0.4) is 0 Å². The standard InChI is InChI=1S/C16H19NO2/c1-10-4-3-5-11(2)14(10)15(18)16(9-17)8-12-6-7-13(16)19-12/h3-5,12-13,15,18H,6-8H2,1-2H3. The van der Waals surface area contributed by atoms with Crippen LogP contribution in [0.1, 0.15) is 42.1 Å². The van der Waals surface area contributed by atoms with Gasteiger partial charge in [-0.1, -0.05) is 18.2 Å². The van der Waals surface area contributed by atoms with Gasteiger partial charge in [-0.3, -0.25) is 0 Å². The van der Waals surface area contributed by atoms with Gasteiger partial charge in [0.1, 0.15) is 11.5 Å². The van der Waals surface area contributed by atoms with E-state index in [1.165, 1.54) is 0 Å². The first-order valence-corrected chi connectivity index (χ1v) is 6.89. The first-order chi connectivity index (χ1) is 9.08. The van der Waals surface area contributed by atoms with E-state index in [0.29, 0.717) is 6.42 Å². The molecule has 2 heterocycles. The van der Waals surface area contributed by atoms with Gasteiger partial charge in [0, 0.05) is 0 Å². The van der Waals surface area contributed by atoms with Crippen molar-refractivity contribution in [3.05, 3.63) is 34.9 Å². The molecule has 3 nitrogen and oxygen atoms in total. The van der Waals surface area contributed by atoms with E-state index in [1.807, 2.05) is 32.0 Å². The third-order valence-corrected chi connectivity index (χ3v) is 4.76. The maximum absolute atomic E-state index is 10.9. The second-order valence-electron chi connectivity index (χ2n) is 5.89. The molecular weight excluding hydrogens is 238 g/mol. The zero-order valence-electron chi connectivity index (χ0n) is 11.4. The summed E-state index contributed by atoms with van der Waals surface area (Å²) in [5, 5.41) is 20.5. The van der Waals surface area contributed by atoms with Crippen LogP contribution >= 0.6 is 0 Å². The average molecular weight is 257 g/mol. The van der Waals surface area contributed by atoms with Crippen LogP contribution in [0.5, 0.6) is 0 Å². The molecule has 1 aromatic rings. The molecule has 2 aliphatic rings. The molecule has 4 unspecified atom stereocenters. The van der Waals surface area contributed by atoms with E-state index in [1.54, 1.807) is 0 Å². The fourth-order valence-corrected chi connectivity index (χ4v) is 3.73. The number of nitriles is 1. The quantitative estimate of drug-likeness (QED) is 0.886. The van der Waals surface area contributed by atoms with Crippen LogP contribution in [0, 0.1) is 30.6 Å². The van der Waals surface area contributed by atoms with Crippen LogP contribution in [0.25, 0.3) is 0 Å². The lowest BCUT2D eigenvalue weighted by atomic mass is 9.68. The van der Waals surface area contributed by atoms with Crippen molar-refractivity contribution >= 4 is 0 Å². The van der Waals surface area contributed by atoms with Gasteiger partial charge >= 0.3 is 0 Å². The Kier molecular flexibility index (Phi) is 2.88. The molecule has 3 heteroatoms. The number of fused-ring (bicyclic) bond motifs is 2. The molecule has 0 aliphatic carbocycles. The predicted molar refractivity (Wildman–Crippen MR) is 71.4 cm³/mol. The highest BCUT2D eigenvalue weighted by atomic mass is 16.5. The van der Waals surface area contributed by atoms with Crippen LogP contribution in [0.15, 0.2) is 18.2 Å². The number of hydrogen-bond acceptors (Lipinski definition) is 3. The first-order valence-electron chi connectivity index (χ1n) is 6.89. The van der Waals surface area contributed by atoms with Crippen molar-refractivity contribution in [1.29, 1.82) is 5.26 Å². The third-order valence-electron chi connectivity index (χ3n) is 4.76. The van der Waals surface area contributed by atoms with Crippen molar-refractivity contribution in [2.24, 2.45) is 5.41 Å². The summed E-state index contributed by atoms with van der Waals surface area (Å²) in [5.74, 6) is 0. The Morgan fingerprint density at radius 2 is 2.05 bits per heavy atom. The molecule has 2 fully saturated rings. The largest absolute Gasteiger partial charge is 0.387 e. The highest BCUT2D eigenvalue weighted by Gasteiger charge is 2.57. The van der Waals surface area contributed by atoms with Crippen LogP contribution in [-0.2, 0) is 4.74 Å². The lowest BCUT2D eigenvalue weighted by Gasteiger charge is -2.34. The number of ether oxygens (including phenoxy) is 1. The first kappa shape index (κ1) is 12.7. The van der Waals surface area contributed by atoms with Gasteiger partial charge in [-0.15, -0.1) is 0 Å². The van der Waals surface area contributed by atoms with Crippen LogP contribution in [0.4, 0.5) is 0 Å². The monoisotopic (exact) mass is 257 g/mol. The summed E-state index contributed by atoms with van der Waals surface area (Å²) < 4.78 is 5.82. The summed E-state index contributed by atoms with van der Waals surface area (Å²) in [4.78, 5) is 0. The summed E-state index contributed by atoms with van der Waals surface area (Å²) in [5.41, 5.74) is 2.23. The number of benzene rings is 1. The van der Waals surface area contributed by atoms with E-state index in [4.69, 9.17) is 4.74 Å². The van der Waals surface area contributed by atoms with Crippen molar-refractivity contribution in [3.8, 4) is 6.07 Å². The predicted octanol–water partition coefficient (Wildman–Crippen LogP) is 2.80. The SMILES string of the molecule is Cc1cccc(C)c1C(O)C1(C#N)CC2CCC1O2. The molecule has 3 rings (SSSR count). The fraction of sp³-hybridized carbons (Fsp3) is 0.562. The Labute approximate surface area is 113 Å². The minimum Gasteiger partial charge on any atom is -0.387 e. The molecule has 19 heavy (non-hydrogen) atoms. The third kappa shape index (κ3) is 1.71. The Morgan fingerprint density at radius 1 is 1.37 bits per heavy atom. The van der Waals surface area contributed by atoms with Crippen molar-refractivity contribution in [2.45, 2.75) is 51.4 Å². The molecule has 1 aromatic carbocycles. The molecule has 1 N–H and O–H groups in total. The minimum atomic E-state index is -0.764. The summed E-state index contributed by atoms with van der Waals surface area (Å²) in [7, 11) is 0. The fourth-order valence-electron chi connectivity index (χ4n) is 3.73. The second-order valence-corrected chi connectivity index (χ2v) is 5.89. The minimum absolute atomic E-state index is 0.114. The van der Waals surface area contributed by atoms with Crippen LogP contribution in [0.2, 0.25) is 0 Å². The smallest absolute Gasteiger partial charge is 0.116 e. The van der Waals surface area contributed by atoms with E-state index in [-0.39, 0.29) is 12.2 Å². The zero-order chi connectivity index (χ0) is 13.6. The average Bonchev–Trinajstić information content (AvgIpc) is 2.99. The van der Waals surface area contributed by atoms with Crippen molar-refractivity contribution in [3.63, 3.8) is 0 Å². The topological polar surface area (TPSA) is 53.2 Å². The Bertz CT molecular complexity index is 528. The molecule has 2 aliphatic heterocycles. The second kappa shape index (κ2) is 4.33. The highest BCUT2D eigenvalue weighted by molar-refractivity contribution is 5.38. The number of hydrogen-bond donors (Lipinski definition) is 1.